The van der Waals surface area contributed by atoms with E-state index in [1.165, 1.54) is 18.2 Å². The molecule has 1 amide bonds. The van der Waals surface area contributed by atoms with E-state index in [9.17, 15) is 4.79 Å². The zero-order chi connectivity index (χ0) is 8.27. The van der Waals surface area contributed by atoms with Gasteiger partial charge in [-0.1, -0.05) is 0 Å². The predicted octanol–water partition coefficient (Wildman–Crippen LogP) is 0.552. The van der Waals surface area contributed by atoms with E-state index in [1.54, 1.807) is 7.05 Å². The van der Waals surface area contributed by atoms with Gasteiger partial charge in [-0.15, -0.1) is 0 Å². The van der Waals surface area contributed by atoms with Gasteiger partial charge in [0.05, 0.1) is 0 Å². The molecule has 57 valence electrons. The normalized spacial score (nSPS) is 9.18. The molecule has 0 heterocycles. The van der Waals surface area contributed by atoms with Crippen LogP contribution < -0.4 is 5.32 Å². The van der Waals surface area contributed by atoms with Crippen molar-refractivity contribution in [1.29, 1.82) is 0 Å². The lowest BCUT2D eigenvalue weighted by Gasteiger charge is -1.97. The minimum Gasteiger partial charge on any atom is -0.507 e. The molecule has 0 saturated heterocycles. The topological polar surface area (TPSA) is 49.3 Å². The Morgan fingerprint density at radius 3 is 2.82 bits per heavy atom. The van der Waals surface area contributed by atoms with Crippen LogP contribution in [-0.2, 0) is 0 Å². The Balaban J connectivity index is 2.90. The molecule has 0 aromatic heterocycles. The van der Waals surface area contributed by atoms with Crippen molar-refractivity contribution in [2.24, 2.45) is 0 Å². The number of nitrogens with one attached hydrogen (secondary N) is 1. The van der Waals surface area contributed by atoms with Crippen LogP contribution in [0.1, 0.15) is 10.4 Å². The first-order chi connectivity index (χ1) is 5.24. The van der Waals surface area contributed by atoms with Crippen LogP contribution in [0, 0.1) is 6.07 Å². The molecular formula is C8H8NO2. The monoisotopic (exact) mass is 150 g/mol. The van der Waals surface area contributed by atoms with Crippen molar-refractivity contribution in [2.45, 2.75) is 0 Å². The molecule has 3 nitrogen and oxygen atoms in total. The molecule has 1 aromatic rings. The van der Waals surface area contributed by atoms with Gasteiger partial charge in [0.2, 0.25) is 0 Å². The third-order valence-electron chi connectivity index (χ3n) is 1.29. The summed E-state index contributed by atoms with van der Waals surface area (Å²) in [4.78, 5) is 10.9. The van der Waals surface area contributed by atoms with E-state index >= 15 is 0 Å². The van der Waals surface area contributed by atoms with Crippen molar-refractivity contribution in [1.82, 2.24) is 5.32 Å². The number of hydrogen-bond acceptors (Lipinski definition) is 2. The summed E-state index contributed by atoms with van der Waals surface area (Å²) in [5, 5.41) is 11.3. The molecular weight excluding hydrogens is 142 g/mol. The van der Waals surface area contributed by atoms with Gasteiger partial charge in [-0.2, -0.15) is 0 Å². The van der Waals surface area contributed by atoms with Crippen molar-refractivity contribution in [3.63, 3.8) is 0 Å². The smallest absolute Gasteiger partial charge is 0.251 e. The molecule has 0 aliphatic carbocycles. The molecule has 0 bridgehead atoms. The van der Waals surface area contributed by atoms with Crippen LogP contribution in [0.3, 0.4) is 0 Å². The van der Waals surface area contributed by atoms with Crippen molar-refractivity contribution >= 4 is 5.91 Å². The number of carbonyl (C=O) groups is 1. The Kier molecular flexibility index (Phi) is 2.11. The van der Waals surface area contributed by atoms with E-state index in [1.807, 2.05) is 0 Å². The van der Waals surface area contributed by atoms with Gasteiger partial charge in [-0.3, -0.25) is 4.79 Å². The Labute approximate surface area is 64.7 Å². The molecule has 0 unspecified atom stereocenters. The molecule has 0 fully saturated rings. The molecule has 1 rings (SSSR count). The van der Waals surface area contributed by atoms with Crippen LogP contribution in [0.2, 0.25) is 0 Å². The molecule has 2 N–H and O–H groups in total. The fraction of sp³-hybridized carbons (Fsp3) is 0.125. The average molecular weight is 150 g/mol. The van der Waals surface area contributed by atoms with Crippen molar-refractivity contribution in [3.8, 4) is 5.75 Å². The SMILES string of the molecule is CNC(=O)c1c[c]c(O)cc1. The van der Waals surface area contributed by atoms with Gasteiger partial charge >= 0.3 is 0 Å². The average Bonchev–Trinajstić information content (AvgIpc) is 2.05. The molecule has 3 heteroatoms. The lowest BCUT2D eigenvalue weighted by Crippen LogP contribution is -2.17. The molecule has 1 aromatic carbocycles. The first kappa shape index (κ1) is 7.60. The summed E-state index contributed by atoms with van der Waals surface area (Å²) in [6.07, 6.45) is 0. The standard InChI is InChI=1S/C8H8NO2/c1-9-8(11)6-2-4-7(10)5-3-6/h2-4,10H,1H3,(H,9,11). The summed E-state index contributed by atoms with van der Waals surface area (Å²) in [7, 11) is 1.55. The number of phenols is 1. The molecule has 1 radical (unpaired) electrons. The van der Waals surface area contributed by atoms with E-state index < -0.39 is 0 Å². The van der Waals surface area contributed by atoms with Gasteiger partial charge in [0, 0.05) is 18.7 Å². The van der Waals surface area contributed by atoms with Crippen molar-refractivity contribution < 1.29 is 9.90 Å². The second-order valence-electron chi connectivity index (χ2n) is 2.04. The largest absolute Gasteiger partial charge is 0.507 e. The number of rotatable bonds is 1. The zero-order valence-corrected chi connectivity index (χ0v) is 6.09. The number of carbonyl (C=O) groups excluding carboxylic acids is 1. The second-order valence-corrected chi connectivity index (χ2v) is 2.04. The number of hydrogen-bond donors (Lipinski definition) is 2. The summed E-state index contributed by atoms with van der Waals surface area (Å²) >= 11 is 0. The first-order valence-corrected chi connectivity index (χ1v) is 3.17. The minimum atomic E-state index is -0.179. The van der Waals surface area contributed by atoms with E-state index in [0.717, 1.165) is 0 Å². The summed E-state index contributed by atoms with van der Waals surface area (Å²) in [5.41, 5.74) is 0.491. The third kappa shape index (κ3) is 1.70. The fourth-order valence-corrected chi connectivity index (χ4v) is 0.702. The molecule has 0 atom stereocenters. The van der Waals surface area contributed by atoms with Crippen molar-refractivity contribution in [3.05, 3.63) is 29.8 Å². The molecule has 0 spiro atoms. The van der Waals surface area contributed by atoms with Crippen LogP contribution in [0.4, 0.5) is 0 Å². The number of benzene rings is 1. The van der Waals surface area contributed by atoms with E-state index in [-0.39, 0.29) is 11.7 Å². The van der Waals surface area contributed by atoms with Crippen LogP contribution >= 0.6 is 0 Å². The Hall–Kier alpha value is -1.51. The third-order valence-corrected chi connectivity index (χ3v) is 1.29. The van der Waals surface area contributed by atoms with Crippen molar-refractivity contribution in [2.75, 3.05) is 7.05 Å². The van der Waals surface area contributed by atoms with Gasteiger partial charge in [0.1, 0.15) is 5.75 Å². The van der Waals surface area contributed by atoms with Gasteiger partial charge in [0.25, 0.3) is 5.91 Å². The van der Waals surface area contributed by atoms with Gasteiger partial charge in [-0.05, 0) is 18.2 Å². The number of phenolic OH excluding ortho intramolecular Hbond substituents is 1. The molecule has 0 aliphatic rings. The Morgan fingerprint density at radius 1 is 1.64 bits per heavy atom. The summed E-state index contributed by atoms with van der Waals surface area (Å²) in [5.74, 6) is -0.140. The quantitative estimate of drug-likeness (QED) is 0.614. The van der Waals surface area contributed by atoms with Crippen LogP contribution in [-0.4, -0.2) is 18.1 Å². The maximum atomic E-state index is 10.9. The summed E-state index contributed by atoms with van der Waals surface area (Å²) in [6.45, 7) is 0. The maximum Gasteiger partial charge on any atom is 0.251 e. The fourth-order valence-electron chi connectivity index (χ4n) is 0.702. The van der Waals surface area contributed by atoms with Crippen LogP contribution in [0.5, 0.6) is 5.75 Å². The highest BCUT2D eigenvalue weighted by Gasteiger charge is 2.00. The van der Waals surface area contributed by atoms with Crippen LogP contribution in [0.25, 0.3) is 0 Å². The molecule has 11 heavy (non-hydrogen) atoms. The minimum absolute atomic E-state index is 0.0395. The lowest BCUT2D eigenvalue weighted by molar-refractivity contribution is 0.0963. The lowest BCUT2D eigenvalue weighted by atomic mass is 10.2. The van der Waals surface area contributed by atoms with Gasteiger partial charge < -0.3 is 10.4 Å². The number of amides is 1. The first-order valence-electron chi connectivity index (χ1n) is 3.17. The second kappa shape index (κ2) is 3.05. The number of aromatic hydroxyl groups is 1. The van der Waals surface area contributed by atoms with Crippen LogP contribution in [0.15, 0.2) is 18.2 Å². The van der Waals surface area contributed by atoms with Gasteiger partial charge in [0.15, 0.2) is 0 Å². The highest BCUT2D eigenvalue weighted by atomic mass is 16.3. The van der Waals surface area contributed by atoms with E-state index in [4.69, 9.17) is 5.11 Å². The summed E-state index contributed by atoms with van der Waals surface area (Å²) < 4.78 is 0. The highest BCUT2D eigenvalue weighted by Crippen LogP contribution is 2.07. The maximum absolute atomic E-state index is 10.9. The molecule has 0 aliphatic heterocycles. The van der Waals surface area contributed by atoms with E-state index in [0.29, 0.717) is 5.56 Å². The Bertz CT molecular complexity index is 253. The summed E-state index contributed by atoms with van der Waals surface area (Å²) in [6, 6.07) is 6.90. The van der Waals surface area contributed by atoms with Gasteiger partial charge in [-0.25, -0.2) is 0 Å². The molecule has 0 saturated carbocycles. The predicted molar refractivity (Wildman–Crippen MR) is 40.3 cm³/mol. The van der Waals surface area contributed by atoms with E-state index in [2.05, 4.69) is 11.4 Å². The zero-order valence-electron chi connectivity index (χ0n) is 6.09. The highest BCUT2D eigenvalue weighted by molar-refractivity contribution is 5.93. The Morgan fingerprint density at radius 2 is 2.36 bits per heavy atom.